The maximum Gasteiger partial charge on any atom is 0.274 e. The molecule has 0 unspecified atom stereocenters. The van der Waals surface area contributed by atoms with Crippen LogP contribution in [0.25, 0.3) is 10.2 Å². The highest BCUT2D eigenvalue weighted by Crippen LogP contribution is 2.31. The number of carbonyl (C=O) groups is 1. The molecule has 0 atom stereocenters. The van der Waals surface area contributed by atoms with E-state index in [4.69, 9.17) is 4.74 Å². The summed E-state index contributed by atoms with van der Waals surface area (Å²) in [7, 11) is 0. The fourth-order valence-electron chi connectivity index (χ4n) is 3.40. The first-order chi connectivity index (χ1) is 13.7. The average Bonchev–Trinajstić information content (AvgIpc) is 3.13. The number of amides is 1. The number of hydrogen-bond donors (Lipinski definition) is 0. The molecule has 6 heteroatoms. The fourth-order valence-corrected chi connectivity index (χ4v) is 5.25. The van der Waals surface area contributed by atoms with Crippen molar-refractivity contribution in [2.45, 2.75) is 31.6 Å². The van der Waals surface area contributed by atoms with E-state index in [0.29, 0.717) is 5.75 Å². The highest BCUT2D eigenvalue weighted by Gasteiger charge is 2.24. The third-order valence-corrected chi connectivity index (χ3v) is 6.90. The molecule has 2 aromatic carbocycles. The molecule has 1 aliphatic rings. The van der Waals surface area contributed by atoms with E-state index in [1.54, 1.807) is 23.1 Å². The Labute approximate surface area is 173 Å². The van der Waals surface area contributed by atoms with Crippen molar-refractivity contribution in [2.24, 2.45) is 0 Å². The Morgan fingerprint density at radius 2 is 1.96 bits per heavy atom. The average molecular weight is 413 g/mol. The zero-order chi connectivity index (χ0) is 19.3. The second kappa shape index (κ2) is 8.97. The lowest BCUT2D eigenvalue weighted by atomic mass is 10.1. The lowest BCUT2D eigenvalue weighted by Gasteiger charge is -2.31. The highest BCUT2D eigenvalue weighted by atomic mass is 32.2. The van der Waals surface area contributed by atoms with Gasteiger partial charge in [0.1, 0.15) is 6.10 Å². The number of rotatable bonds is 6. The van der Waals surface area contributed by atoms with Crippen LogP contribution in [0.5, 0.6) is 5.19 Å². The Hall–Kier alpha value is -2.05. The first-order valence-corrected chi connectivity index (χ1v) is 11.6. The van der Waals surface area contributed by atoms with Gasteiger partial charge in [-0.3, -0.25) is 4.79 Å². The number of aromatic nitrogens is 1. The van der Waals surface area contributed by atoms with Crippen LogP contribution in [0.3, 0.4) is 0 Å². The first kappa shape index (κ1) is 19.3. The summed E-state index contributed by atoms with van der Waals surface area (Å²) in [6, 6.07) is 16.5. The number of carbonyl (C=O) groups excluding carboxylic acids is 1. The summed E-state index contributed by atoms with van der Waals surface area (Å²) in [5.41, 5.74) is 3.47. The normalized spacial score (nSPS) is 15.1. The molecule has 4 nitrogen and oxygen atoms in total. The van der Waals surface area contributed by atoms with E-state index in [0.717, 1.165) is 47.1 Å². The first-order valence-electron chi connectivity index (χ1n) is 9.61. The topological polar surface area (TPSA) is 42.4 Å². The Morgan fingerprint density at radius 1 is 1.18 bits per heavy atom. The number of hydrogen-bond acceptors (Lipinski definition) is 5. The van der Waals surface area contributed by atoms with E-state index in [-0.39, 0.29) is 12.0 Å². The number of fused-ring (bicyclic) bond motifs is 1. The SMILES string of the molecule is Cc1cccc2sc(OC3CCN(C(=O)CSCc4ccccc4)CC3)nc12. The minimum atomic E-state index is 0.141. The molecule has 1 aromatic heterocycles. The number of nitrogens with zero attached hydrogens (tertiary/aromatic N) is 2. The number of benzene rings is 2. The number of piperidine rings is 1. The number of thioether (sulfide) groups is 1. The molecule has 146 valence electrons. The van der Waals surface area contributed by atoms with Gasteiger partial charge in [-0.1, -0.05) is 53.8 Å². The van der Waals surface area contributed by atoms with Crippen LogP contribution >= 0.6 is 23.1 Å². The van der Waals surface area contributed by atoms with Crippen LogP contribution in [0, 0.1) is 6.92 Å². The molecule has 1 aliphatic heterocycles. The van der Waals surface area contributed by atoms with E-state index in [2.05, 4.69) is 42.2 Å². The zero-order valence-corrected chi connectivity index (χ0v) is 17.6. The van der Waals surface area contributed by atoms with E-state index in [1.807, 2.05) is 23.1 Å². The second-order valence-electron chi connectivity index (χ2n) is 7.08. The minimum absolute atomic E-state index is 0.141. The van der Waals surface area contributed by atoms with Gasteiger partial charge >= 0.3 is 0 Å². The van der Waals surface area contributed by atoms with Crippen molar-refractivity contribution in [1.29, 1.82) is 0 Å². The molecule has 0 N–H and O–H groups in total. The van der Waals surface area contributed by atoms with E-state index >= 15 is 0 Å². The standard InChI is InChI=1S/C22H24N2O2S2/c1-16-6-5-9-19-21(16)23-22(28-19)26-18-10-12-24(13-11-18)20(25)15-27-14-17-7-3-2-4-8-17/h2-9,18H,10-15H2,1H3. The van der Waals surface area contributed by atoms with Crippen molar-refractivity contribution >= 4 is 39.2 Å². The van der Waals surface area contributed by atoms with Gasteiger partial charge < -0.3 is 9.64 Å². The molecule has 1 fully saturated rings. The maximum atomic E-state index is 12.5. The van der Waals surface area contributed by atoms with Crippen molar-refractivity contribution in [1.82, 2.24) is 9.88 Å². The van der Waals surface area contributed by atoms with Crippen molar-refractivity contribution < 1.29 is 9.53 Å². The smallest absolute Gasteiger partial charge is 0.274 e. The van der Waals surface area contributed by atoms with E-state index in [1.165, 1.54) is 11.1 Å². The Morgan fingerprint density at radius 3 is 2.71 bits per heavy atom. The van der Waals surface area contributed by atoms with Gasteiger partial charge in [-0.2, -0.15) is 0 Å². The summed E-state index contributed by atoms with van der Waals surface area (Å²) < 4.78 is 7.29. The van der Waals surface area contributed by atoms with Gasteiger partial charge in [0.15, 0.2) is 0 Å². The van der Waals surface area contributed by atoms with Crippen LogP contribution in [-0.2, 0) is 10.5 Å². The Bertz CT molecular complexity index is 934. The zero-order valence-electron chi connectivity index (χ0n) is 16.0. The molecule has 28 heavy (non-hydrogen) atoms. The van der Waals surface area contributed by atoms with Crippen molar-refractivity contribution in [3.63, 3.8) is 0 Å². The predicted octanol–water partition coefficient (Wildman–Crippen LogP) is 4.91. The van der Waals surface area contributed by atoms with Crippen molar-refractivity contribution in [3.05, 3.63) is 59.7 Å². The van der Waals surface area contributed by atoms with Gasteiger partial charge in [-0.05, 0) is 24.1 Å². The summed E-state index contributed by atoms with van der Waals surface area (Å²) in [4.78, 5) is 19.1. The number of para-hydroxylation sites is 1. The lowest BCUT2D eigenvalue weighted by molar-refractivity contribution is -0.130. The number of thiazole rings is 1. The van der Waals surface area contributed by atoms with Crippen LogP contribution in [0.15, 0.2) is 48.5 Å². The van der Waals surface area contributed by atoms with Crippen LogP contribution < -0.4 is 4.74 Å². The van der Waals surface area contributed by atoms with Crippen molar-refractivity contribution in [3.8, 4) is 5.19 Å². The molecule has 4 rings (SSSR count). The molecular weight excluding hydrogens is 388 g/mol. The van der Waals surface area contributed by atoms with Gasteiger partial charge in [0.2, 0.25) is 5.91 Å². The van der Waals surface area contributed by atoms with Crippen LogP contribution in [0.1, 0.15) is 24.0 Å². The third kappa shape index (κ3) is 4.67. The summed E-state index contributed by atoms with van der Waals surface area (Å²) in [5, 5.41) is 0.743. The summed E-state index contributed by atoms with van der Waals surface area (Å²) >= 11 is 3.29. The van der Waals surface area contributed by atoms with Crippen LogP contribution in [0.4, 0.5) is 0 Å². The summed E-state index contributed by atoms with van der Waals surface area (Å²) in [5.74, 6) is 1.65. The second-order valence-corrected chi connectivity index (χ2v) is 9.06. The molecule has 2 heterocycles. The molecule has 1 saturated heterocycles. The molecular formula is C22H24N2O2S2. The van der Waals surface area contributed by atoms with Gasteiger partial charge in [-0.25, -0.2) is 4.98 Å². The van der Waals surface area contributed by atoms with Crippen molar-refractivity contribution in [2.75, 3.05) is 18.8 Å². The summed E-state index contributed by atoms with van der Waals surface area (Å²) in [6.07, 6.45) is 1.87. The number of likely N-dealkylation sites (tertiary alicyclic amines) is 1. The fraction of sp³-hybridized carbons (Fsp3) is 0.364. The van der Waals surface area contributed by atoms with Gasteiger partial charge in [-0.15, -0.1) is 11.8 Å². The quantitative estimate of drug-likeness (QED) is 0.577. The molecule has 3 aromatic rings. The number of ether oxygens (including phenoxy) is 1. The monoisotopic (exact) mass is 412 g/mol. The third-order valence-electron chi connectivity index (χ3n) is 5.00. The lowest BCUT2D eigenvalue weighted by Crippen LogP contribution is -2.42. The van der Waals surface area contributed by atoms with Gasteiger partial charge in [0, 0.05) is 31.7 Å². The van der Waals surface area contributed by atoms with Gasteiger partial charge in [0.05, 0.1) is 16.0 Å². The maximum absolute atomic E-state index is 12.5. The molecule has 0 spiro atoms. The van der Waals surface area contributed by atoms with E-state index in [9.17, 15) is 4.79 Å². The van der Waals surface area contributed by atoms with Crippen LogP contribution in [-0.4, -0.2) is 40.7 Å². The highest BCUT2D eigenvalue weighted by molar-refractivity contribution is 7.99. The van der Waals surface area contributed by atoms with E-state index < -0.39 is 0 Å². The minimum Gasteiger partial charge on any atom is -0.467 e. The molecule has 0 aliphatic carbocycles. The van der Waals surface area contributed by atoms with Crippen LogP contribution in [0.2, 0.25) is 0 Å². The van der Waals surface area contributed by atoms with Gasteiger partial charge in [0.25, 0.3) is 5.19 Å². The Kier molecular flexibility index (Phi) is 6.17. The molecule has 0 bridgehead atoms. The Balaban J connectivity index is 1.23. The predicted molar refractivity (Wildman–Crippen MR) is 117 cm³/mol. The molecule has 0 radical (unpaired) electrons. The number of aryl methyl sites for hydroxylation is 1. The summed E-state index contributed by atoms with van der Waals surface area (Å²) in [6.45, 7) is 3.60. The molecule has 0 saturated carbocycles. The molecule has 1 amide bonds. The largest absolute Gasteiger partial charge is 0.467 e.